The van der Waals surface area contributed by atoms with Crippen LogP contribution in [0, 0.1) is 15.2 Å². The SMILES string of the molecule is CC(C)NC(=O)Oc1cc(F)cc(F)c1I. The van der Waals surface area contributed by atoms with Gasteiger partial charge in [0, 0.05) is 18.2 Å². The molecule has 1 rings (SSSR count). The monoisotopic (exact) mass is 341 g/mol. The summed E-state index contributed by atoms with van der Waals surface area (Å²) in [5.41, 5.74) is 0. The second kappa shape index (κ2) is 5.42. The molecule has 0 aromatic heterocycles. The molecule has 6 heteroatoms. The number of rotatable bonds is 2. The van der Waals surface area contributed by atoms with Crippen LogP contribution in [0.2, 0.25) is 0 Å². The number of hydrogen-bond acceptors (Lipinski definition) is 2. The molecule has 0 saturated carbocycles. The summed E-state index contributed by atoms with van der Waals surface area (Å²) >= 11 is 1.64. The van der Waals surface area contributed by atoms with E-state index in [2.05, 4.69) is 5.32 Å². The molecule has 1 N–H and O–H groups in total. The predicted molar refractivity (Wildman–Crippen MR) is 63.4 cm³/mol. The van der Waals surface area contributed by atoms with Crippen LogP contribution in [0.25, 0.3) is 0 Å². The van der Waals surface area contributed by atoms with E-state index in [1.807, 2.05) is 0 Å². The zero-order valence-electron chi connectivity index (χ0n) is 8.68. The normalized spacial score (nSPS) is 10.4. The van der Waals surface area contributed by atoms with Crippen molar-refractivity contribution in [1.82, 2.24) is 5.32 Å². The Labute approximate surface area is 105 Å². The van der Waals surface area contributed by atoms with Crippen LogP contribution in [-0.4, -0.2) is 12.1 Å². The van der Waals surface area contributed by atoms with Gasteiger partial charge in [-0.1, -0.05) is 0 Å². The molecule has 0 saturated heterocycles. The Morgan fingerprint density at radius 1 is 1.44 bits per heavy atom. The Morgan fingerprint density at radius 2 is 2.06 bits per heavy atom. The lowest BCUT2D eigenvalue weighted by atomic mass is 10.3. The predicted octanol–water partition coefficient (Wildman–Crippen LogP) is 3.07. The maximum Gasteiger partial charge on any atom is 0.412 e. The van der Waals surface area contributed by atoms with E-state index in [0.717, 1.165) is 12.1 Å². The van der Waals surface area contributed by atoms with Crippen LogP contribution < -0.4 is 10.1 Å². The number of carbonyl (C=O) groups is 1. The van der Waals surface area contributed by atoms with E-state index in [1.54, 1.807) is 36.4 Å². The van der Waals surface area contributed by atoms with E-state index in [4.69, 9.17) is 4.74 Å². The zero-order valence-corrected chi connectivity index (χ0v) is 10.8. The van der Waals surface area contributed by atoms with Gasteiger partial charge in [-0.05, 0) is 36.4 Å². The fourth-order valence-electron chi connectivity index (χ4n) is 0.972. The second-order valence-corrected chi connectivity index (χ2v) is 4.47. The summed E-state index contributed by atoms with van der Waals surface area (Å²) in [5.74, 6) is -1.67. The highest BCUT2D eigenvalue weighted by Crippen LogP contribution is 2.25. The summed E-state index contributed by atoms with van der Waals surface area (Å²) in [5, 5.41) is 2.45. The molecule has 0 aliphatic carbocycles. The molecule has 1 amide bonds. The van der Waals surface area contributed by atoms with Gasteiger partial charge in [0.25, 0.3) is 0 Å². The van der Waals surface area contributed by atoms with Crippen molar-refractivity contribution in [2.24, 2.45) is 0 Å². The van der Waals surface area contributed by atoms with Crippen molar-refractivity contribution >= 4 is 28.7 Å². The molecule has 0 atom stereocenters. The number of hydrogen-bond donors (Lipinski definition) is 1. The minimum atomic E-state index is -0.787. The number of carbonyl (C=O) groups excluding carboxylic acids is 1. The molecule has 0 heterocycles. The molecule has 0 bridgehead atoms. The smallest absolute Gasteiger partial charge is 0.409 e. The molecule has 0 aliphatic rings. The maximum atomic E-state index is 13.1. The highest BCUT2D eigenvalue weighted by molar-refractivity contribution is 14.1. The number of amides is 1. The Balaban J connectivity index is 2.85. The van der Waals surface area contributed by atoms with Gasteiger partial charge in [-0.2, -0.15) is 0 Å². The van der Waals surface area contributed by atoms with E-state index < -0.39 is 17.7 Å². The van der Waals surface area contributed by atoms with Gasteiger partial charge in [-0.15, -0.1) is 0 Å². The summed E-state index contributed by atoms with van der Waals surface area (Å²) in [6.45, 7) is 3.50. The van der Waals surface area contributed by atoms with Crippen molar-refractivity contribution < 1.29 is 18.3 Å². The van der Waals surface area contributed by atoms with Crippen LogP contribution in [0.1, 0.15) is 13.8 Å². The van der Waals surface area contributed by atoms with Crippen LogP contribution in [0.5, 0.6) is 5.75 Å². The van der Waals surface area contributed by atoms with Crippen LogP contribution >= 0.6 is 22.6 Å². The minimum Gasteiger partial charge on any atom is -0.409 e. The Morgan fingerprint density at radius 3 is 2.62 bits per heavy atom. The average molecular weight is 341 g/mol. The molecule has 16 heavy (non-hydrogen) atoms. The summed E-state index contributed by atoms with van der Waals surface area (Å²) in [4.78, 5) is 11.2. The number of benzene rings is 1. The van der Waals surface area contributed by atoms with Gasteiger partial charge >= 0.3 is 6.09 Å². The number of halogens is 3. The molecule has 0 fully saturated rings. The Bertz CT molecular complexity index is 410. The molecule has 88 valence electrons. The van der Waals surface area contributed by atoms with Crippen LogP contribution in [0.3, 0.4) is 0 Å². The molecule has 0 spiro atoms. The molecule has 0 radical (unpaired) electrons. The number of nitrogens with one attached hydrogen (secondary N) is 1. The van der Waals surface area contributed by atoms with Crippen LogP contribution in [-0.2, 0) is 0 Å². The molecule has 0 unspecified atom stereocenters. The third-order valence-corrected chi connectivity index (χ3v) is 2.62. The van der Waals surface area contributed by atoms with E-state index >= 15 is 0 Å². The molecule has 3 nitrogen and oxygen atoms in total. The minimum absolute atomic E-state index is 0.0675. The van der Waals surface area contributed by atoms with Crippen LogP contribution in [0.4, 0.5) is 13.6 Å². The van der Waals surface area contributed by atoms with Gasteiger partial charge in [0.1, 0.15) is 11.6 Å². The van der Waals surface area contributed by atoms with Crippen molar-refractivity contribution in [1.29, 1.82) is 0 Å². The van der Waals surface area contributed by atoms with Gasteiger partial charge in [0.15, 0.2) is 5.75 Å². The first kappa shape index (κ1) is 13.1. The van der Waals surface area contributed by atoms with Crippen LogP contribution in [0.15, 0.2) is 12.1 Å². The first-order valence-electron chi connectivity index (χ1n) is 4.53. The maximum absolute atomic E-state index is 13.1. The third kappa shape index (κ3) is 3.58. The van der Waals surface area contributed by atoms with Crippen molar-refractivity contribution in [3.8, 4) is 5.75 Å². The topological polar surface area (TPSA) is 38.3 Å². The summed E-state index contributed by atoms with van der Waals surface area (Å²) in [6, 6.07) is 1.59. The first-order valence-corrected chi connectivity index (χ1v) is 5.61. The first-order chi connectivity index (χ1) is 7.40. The third-order valence-electron chi connectivity index (χ3n) is 1.57. The van der Waals surface area contributed by atoms with E-state index in [1.165, 1.54) is 0 Å². The highest BCUT2D eigenvalue weighted by Gasteiger charge is 2.13. The van der Waals surface area contributed by atoms with Gasteiger partial charge in [0.05, 0.1) is 3.57 Å². The van der Waals surface area contributed by atoms with Gasteiger partial charge in [-0.3, -0.25) is 0 Å². The quantitative estimate of drug-likeness (QED) is 0.663. The zero-order chi connectivity index (χ0) is 12.3. The van der Waals surface area contributed by atoms with Gasteiger partial charge in [0.2, 0.25) is 0 Å². The van der Waals surface area contributed by atoms with E-state index in [-0.39, 0.29) is 15.4 Å². The fourth-order valence-corrected chi connectivity index (χ4v) is 1.39. The lowest BCUT2D eigenvalue weighted by molar-refractivity contribution is 0.197. The molecule has 0 aliphatic heterocycles. The van der Waals surface area contributed by atoms with E-state index in [0.29, 0.717) is 0 Å². The summed E-state index contributed by atoms with van der Waals surface area (Å²) < 4.78 is 30.8. The van der Waals surface area contributed by atoms with Crippen molar-refractivity contribution in [3.63, 3.8) is 0 Å². The summed E-state index contributed by atoms with van der Waals surface area (Å²) in [7, 11) is 0. The average Bonchev–Trinajstić information content (AvgIpc) is 2.11. The number of ether oxygens (including phenoxy) is 1. The van der Waals surface area contributed by atoms with Crippen molar-refractivity contribution in [3.05, 3.63) is 27.3 Å². The van der Waals surface area contributed by atoms with E-state index in [9.17, 15) is 13.6 Å². The van der Waals surface area contributed by atoms with Crippen molar-refractivity contribution in [2.45, 2.75) is 19.9 Å². The second-order valence-electron chi connectivity index (χ2n) is 3.39. The van der Waals surface area contributed by atoms with Gasteiger partial charge < -0.3 is 10.1 Å². The molecular formula is C10H10F2INO2. The van der Waals surface area contributed by atoms with Gasteiger partial charge in [-0.25, -0.2) is 13.6 Å². The highest BCUT2D eigenvalue weighted by atomic mass is 127. The fraction of sp³-hybridized carbons (Fsp3) is 0.300. The summed E-state index contributed by atoms with van der Waals surface area (Å²) in [6.07, 6.45) is -0.738. The molecule has 1 aromatic carbocycles. The van der Waals surface area contributed by atoms with Crippen molar-refractivity contribution in [2.75, 3.05) is 0 Å². The Hall–Kier alpha value is -0.920. The molecular weight excluding hydrogens is 331 g/mol. The standard InChI is InChI=1S/C10H10F2INO2/c1-5(2)14-10(15)16-8-4-6(11)3-7(12)9(8)13/h3-5H,1-2H3,(H,14,15). The lowest BCUT2D eigenvalue weighted by Crippen LogP contribution is -2.32. The Kier molecular flexibility index (Phi) is 4.45. The molecule has 1 aromatic rings. The lowest BCUT2D eigenvalue weighted by Gasteiger charge is -2.10. The largest absolute Gasteiger partial charge is 0.412 e.